The molecule has 0 fully saturated rings. The van der Waals surface area contributed by atoms with E-state index in [1.807, 2.05) is 0 Å². The second-order valence-corrected chi connectivity index (χ2v) is 3.03. The molecule has 0 unspecified atom stereocenters. The van der Waals surface area contributed by atoms with Crippen molar-refractivity contribution in [3.8, 4) is 23.0 Å². The number of rotatable bonds is 0. The van der Waals surface area contributed by atoms with Crippen LogP contribution in [-0.2, 0) is 0 Å². The molecule has 2 aromatic carbocycles. The van der Waals surface area contributed by atoms with Crippen molar-refractivity contribution in [1.29, 1.82) is 0 Å². The number of benzene rings is 2. The molecule has 2 aromatic rings. The Hall–Kier alpha value is -2.36. The first-order chi connectivity index (χ1) is 7.58. The van der Waals surface area contributed by atoms with Crippen molar-refractivity contribution < 1.29 is 20.4 Å². The molecule has 0 atom stereocenters. The third-order valence-electron chi connectivity index (χ3n) is 1.70. The van der Waals surface area contributed by atoms with Gasteiger partial charge in [-0.1, -0.05) is 7.43 Å². The van der Waals surface area contributed by atoms with Gasteiger partial charge >= 0.3 is 0 Å². The lowest BCUT2D eigenvalue weighted by Crippen LogP contribution is -1.61. The van der Waals surface area contributed by atoms with E-state index >= 15 is 0 Å². The van der Waals surface area contributed by atoms with Gasteiger partial charge in [-0.05, 0) is 48.5 Å². The highest BCUT2D eigenvalue weighted by Gasteiger charge is 1.84. The van der Waals surface area contributed by atoms with Crippen molar-refractivity contribution in [1.82, 2.24) is 0 Å². The van der Waals surface area contributed by atoms with E-state index in [9.17, 15) is 0 Å². The largest absolute Gasteiger partial charge is 0.508 e. The number of aromatic hydroxyl groups is 4. The van der Waals surface area contributed by atoms with Crippen molar-refractivity contribution in [3.05, 3.63) is 48.5 Å². The van der Waals surface area contributed by atoms with Crippen LogP contribution in [0, 0.1) is 0 Å². The van der Waals surface area contributed by atoms with Crippen molar-refractivity contribution in [3.63, 3.8) is 0 Å². The summed E-state index contributed by atoms with van der Waals surface area (Å²) in [5, 5.41) is 34.6. The zero-order valence-electron chi connectivity index (χ0n) is 8.41. The van der Waals surface area contributed by atoms with Crippen molar-refractivity contribution >= 4 is 0 Å². The monoisotopic (exact) mass is 236 g/mol. The van der Waals surface area contributed by atoms with E-state index in [1.54, 1.807) is 0 Å². The third kappa shape index (κ3) is 5.94. The van der Waals surface area contributed by atoms with Crippen molar-refractivity contribution in [2.24, 2.45) is 0 Å². The Bertz CT molecular complexity index is 335. The van der Waals surface area contributed by atoms with Crippen LogP contribution in [0.4, 0.5) is 0 Å². The minimum atomic E-state index is 0. The van der Waals surface area contributed by atoms with Gasteiger partial charge in [0.05, 0.1) is 0 Å². The molecule has 0 aliphatic carbocycles. The second-order valence-electron chi connectivity index (χ2n) is 3.03. The zero-order valence-corrected chi connectivity index (χ0v) is 8.41. The molecular weight excluding hydrogens is 220 g/mol. The summed E-state index contributed by atoms with van der Waals surface area (Å²) in [7, 11) is 0. The highest BCUT2D eigenvalue weighted by Crippen LogP contribution is 2.13. The minimum absolute atomic E-state index is 0. The first-order valence-corrected chi connectivity index (χ1v) is 4.54. The second kappa shape index (κ2) is 7.00. The number of hydrogen-bond acceptors (Lipinski definition) is 4. The van der Waals surface area contributed by atoms with Crippen LogP contribution in [0.25, 0.3) is 0 Å². The van der Waals surface area contributed by atoms with Gasteiger partial charge in [0.2, 0.25) is 0 Å². The van der Waals surface area contributed by atoms with Crippen LogP contribution in [0.2, 0.25) is 0 Å². The van der Waals surface area contributed by atoms with Gasteiger partial charge in [0.1, 0.15) is 23.0 Å². The fourth-order valence-corrected chi connectivity index (χ4v) is 0.905. The van der Waals surface area contributed by atoms with Gasteiger partial charge in [-0.2, -0.15) is 0 Å². The van der Waals surface area contributed by atoms with Crippen LogP contribution in [0.15, 0.2) is 48.5 Å². The molecule has 92 valence electrons. The zero-order chi connectivity index (χ0) is 12.0. The van der Waals surface area contributed by atoms with Crippen LogP contribution in [-0.4, -0.2) is 20.4 Å². The van der Waals surface area contributed by atoms with Gasteiger partial charge in [-0.15, -0.1) is 0 Å². The molecule has 4 nitrogen and oxygen atoms in total. The SMILES string of the molecule is C.Oc1ccc(O)cc1.Oc1ccc(O)cc1. The number of hydrogen-bond donors (Lipinski definition) is 4. The van der Waals surface area contributed by atoms with Crippen LogP contribution in [0.3, 0.4) is 0 Å². The molecule has 0 saturated heterocycles. The predicted molar refractivity (Wildman–Crippen MR) is 66.3 cm³/mol. The van der Waals surface area contributed by atoms with E-state index in [-0.39, 0.29) is 30.4 Å². The first-order valence-electron chi connectivity index (χ1n) is 4.54. The lowest BCUT2D eigenvalue weighted by molar-refractivity contribution is 0.460. The highest BCUT2D eigenvalue weighted by molar-refractivity contribution is 5.29. The van der Waals surface area contributed by atoms with Crippen molar-refractivity contribution in [2.45, 2.75) is 7.43 Å². The number of phenolic OH excluding ortho intramolecular Hbond substituents is 4. The quantitative estimate of drug-likeness (QED) is 0.530. The smallest absolute Gasteiger partial charge is 0.115 e. The topological polar surface area (TPSA) is 80.9 Å². The Kier molecular flexibility index (Phi) is 6.03. The van der Waals surface area contributed by atoms with E-state index in [0.29, 0.717) is 0 Å². The highest BCUT2D eigenvalue weighted by atomic mass is 16.3. The van der Waals surface area contributed by atoms with Crippen LogP contribution < -0.4 is 0 Å². The molecular formula is C13H16O4. The maximum absolute atomic E-state index is 8.65. The summed E-state index contributed by atoms with van der Waals surface area (Å²) < 4.78 is 0. The summed E-state index contributed by atoms with van der Waals surface area (Å²) in [5.41, 5.74) is 0. The van der Waals surface area contributed by atoms with E-state index in [4.69, 9.17) is 20.4 Å². The molecule has 17 heavy (non-hydrogen) atoms. The predicted octanol–water partition coefficient (Wildman–Crippen LogP) is 2.83. The van der Waals surface area contributed by atoms with Gasteiger partial charge in [-0.3, -0.25) is 0 Å². The molecule has 0 amide bonds. The molecule has 4 N–H and O–H groups in total. The fourth-order valence-electron chi connectivity index (χ4n) is 0.905. The van der Waals surface area contributed by atoms with E-state index in [2.05, 4.69) is 0 Å². The maximum Gasteiger partial charge on any atom is 0.115 e. The lowest BCUT2D eigenvalue weighted by Gasteiger charge is -1.88. The Morgan fingerprint density at radius 2 is 0.529 bits per heavy atom. The average molecular weight is 236 g/mol. The standard InChI is InChI=1S/2C6H6O2.CH4/c2*7-5-1-2-6(8)4-3-5;/h2*1-4,7-8H;1H4. The third-order valence-corrected chi connectivity index (χ3v) is 1.70. The molecule has 0 aliphatic rings. The molecule has 0 saturated carbocycles. The van der Waals surface area contributed by atoms with E-state index < -0.39 is 0 Å². The molecule has 0 aromatic heterocycles. The Morgan fingerprint density at radius 1 is 0.412 bits per heavy atom. The van der Waals surface area contributed by atoms with Crippen LogP contribution in [0.1, 0.15) is 7.43 Å². The molecule has 4 heteroatoms. The molecule has 0 heterocycles. The fraction of sp³-hybridized carbons (Fsp3) is 0.0769. The van der Waals surface area contributed by atoms with Gasteiger partial charge < -0.3 is 20.4 Å². The van der Waals surface area contributed by atoms with Crippen LogP contribution >= 0.6 is 0 Å². The first kappa shape index (κ1) is 14.6. The lowest BCUT2D eigenvalue weighted by atomic mass is 10.3. The molecule has 0 aliphatic heterocycles. The minimum Gasteiger partial charge on any atom is -0.508 e. The molecule has 0 bridgehead atoms. The summed E-state index contributed by atoms with van der Waals surface area (Å²) >= 11 is 0. The molecule has 0 spiro atoms. The molecule has 0 radical (unpaired) electrons. The Labute approximate surface area is 100 Å². The van der Waals surface area contributed by atoms with Gasteiger partial charge in [0.25, 0.3) is 0 Å². The summed E-state index contributed by atoms with van der Waals surface area (Å²) in [6.45, 7) is 0. The maximum atomic E-state index is 8.65. The average Bonchev–Trinajstić information content (AvgIpc) is 2.28. The number of phenols is 4. The molecule has 2 rings (SSSR count). The summed E-state index contributed by atoms with van der Waals surface area (Å²) in [6, 6.07) is 11.4. The van der Waals surface area contributed by atoms with E-state index in [1.165, 1.54) is 48.5 Å². The summed E-state index contributed by atoms with van der Waals surface area (Å²) in [4.78, 5) is 0. The van der Waals surface area contributed by atoms with Crippen LogP contribution in [0.5, 0.6) is 23.0 Å². The summed E-state index contributed by atoms with van der Waals surface area (Å²) in [6.07, 6.45) is 0. The summed E-state index contributed by atoms with van der Waals surface area (Å²) in [5.74, 6) is 0.677. The Morgan fingerprint density at radius 3 is 0.647 bits per heavy atom. The van der Waals surface area contributed by atoms with Crippen molar-refractivity contribution in [2.75, 3.05) is 0 Å². The Balaban J connectivity index is 0.000000284. The van der Waals surface area contributed by atoms with Gasteiger partial charge in [-0.25, -0.2) is 0 Å². The van der Waals surface area contributed by atoms with Gasteiger partial charge in [0.15, 0.2) is 0 Å². The van der Waals surface area contributed by atoms with E-state index in [0.717, 1.165) is 0 Å². The normalized spacial score (nSPS) is 8.47. The van der Waals surface area contributed by atoms with Gasteiger partial charge in [0, 0.05) is 0 Å².